The van der Waals surface area contributed by atoms with Crippen LogP contribution in [0.1, 0.15) is 5.76 Å². The SMILES string of the molecule is N#C/C=C(/N)c1cc2ccccc2o1. The number of furan rings is 1. The van der Waals surface area contributed by atoms with Crippen molar-refractivity contribution in [2.75, 3.05) is 0 Å². The summed E-state index contributed by atoms with van der Waals surface area (Å²) < 4.78 is 5.44. The van der Waals surface area contributed by atoms with Gasteiger partial charge in [-0.25, -0.2) is 0 Å². The molecule has 0 saturated heterocycles. The van der Waals surface area contributed by atoms with Crippen LogP contribution in [0.15, 0.2) is 40.8 Å². The lowest BCUT2D eigenvalue weighted by atomic mass is 10.2. The summed E-state index contributed by atoms with van der Waals surface area (Å²) in [6.07, 6.45) is 1.26. The Balaban J connectivity index is 2.57. The molecule has 2 rings (SSSR count). The van der Waals surface area contributed by atoms with E-state index >= 15 is 0 Å². The Bertz CT molecular complexity index is 498. The molecule has 0 fully saturated rings. The highest BCUT2D eigenvalue weighted by Crippen LogP contribution is 2.21. The predicted molar refractivity (Wildman–Crippen MR) is 54.0 cm³/mol. The van der Waals surface area contributed by atoms with Crippen LogP contribution < -0.4 is 5.73 Å². The minimum atomic E-state index is 0.351. The largest absolute Gasteiger partial charge is 0.455 e. The van der Waals surface area contributed by atoms with E-state index in [1.165, 1.54) is 6.08 Å². The van der Waals surface area contributed by atoms with Crippen LogP contribution in [0.2, 0.25) is 0 Å². The van der Waals surface area contributed by atoms with Gasteiger partial charge in [-0.2, -0.15) is 5.26 Å². The van der Waals surface area contributed by atoms with E-state index in [-0.39, 0.29) is 0 Å². The van der Waals surface area contributed by atoms with Gasteiger partial charge in [0.15, 0.2) is 5.76 Å². The monoisotopic (exact) mass is 184 g/mol. The molecule has 0 aliphatic rings. The summed E-state index contributed by atoms with van der Waals surface area (Å²) in [5.41, 5.74) is 6.74. The van der Waals surface area contributed by atoms with Gasteiger partial charge in [0, 0.05) is 11.5 Å². The second-order valence-corrected chi connectivity index (χ2v) is 2.88. The summed E-state index contributed by atoms with van der Waals surface area (Å²) in [6.45, 7) is 0. The third-order valence-electron chi connectivity index (χ3n) is 1.93. The number of hydrogen-bond acceptors (Lipinski definition) is 3. The molecule has 0 unspecified atom stereocenters. The molecule has 1 aromatic heterocycles. The summed E-state index contributed by atoms with van der Waals surface area (Å²) in [6, 6.07) is 11.3. The van der Waals surface area contributed by atoms with Crippen molar-refractivity contribution >= 4 is 16.7 Å². The van der Waals surface area contributed by atoms with Gasteiger partial charge in [-0.15, -0.1) is 0 Å². The minimum Gasteiger partial charge on any atom is -0.455 e. The van der Waals surface area contributed by atoms with E-state index < -0.39 is 0 Å². The Labute approximate surface area is 81.0 Å². The molecule has 0 amide bonds. The first-order valence-corrected chi connectivity index (χ1v) is 4.15. The molecule has 0 spiro atoms. The van der Waals surface area contributed by atoms with Gasteiger partial charge in [-0.05, 0) is 12.1 Å². The van der Waals surface area contributed by atoms with Gasteiger partial charge in [-0.1, -0.05) is 18.2 Å². The molecule has 0 bridgehead atoms. The lowest BCUT2D eigenvalue weighted by Gasteiger charge is -1.90. The van der Waals surface area contributed by atoms with Crippen LogP contribution in [-0.2, 0) is 0 Å². The zero-order chi connectivity index (χ0) is 9.97. The number of rotatable bonds is 1. The van der Waals surface area contributed by atoms with Gasteiger partial charge < -0.3 is 10.2 Å². The maximum absolute atomic E-state index is 8.42. The molecule has 0 atom stereocenters. The Morgan fingerprint density at radius 3 is 2.93 bits per heavy atom. The van der Waals surface area contributed by atoms with Crippen molar-refractivity contribution in [1.82, 2.24) is 0 Å². The van der Waals surface area contributed by atoms with Gasteiger partial charge in [-0.3, -0.25) is 0 Å². The molecule has 1 aromatic carbocycles. The third kappa shape index (κ3) is 1.34. The molecule has 2 N–H and O–H groups in total. The number of nitrogens with zero attached hydrogens (tertiary/aromatic N) is 1. The molecular formula is C11H8N2O. The highest BCUT2D eigenvalue weighted by atomic mass is 16.3. The predicted octanol–water partition coefficient (Wildman–Crippen LogP) is 2.26. The molecule has 2 aromatic rings. The van der Waals surface area contributed by atoms with Crippen molar-refractivity contribution in [3.63, 3.8) is 0 Å². The van der Waals surface area contributed by atoms with Gasteiger partial charge in [0.1, 0.15) is 5.58 Å². The number of para-hydroxylation sites is 1. The van der Waals surface area contributed by atoms with Crippen LogP contribution in [0.5, 0.6) is 0 Å². The second-order valence-electron chi connectivity index (χ2n) is 2.88. The average Bonchev–Trinajstić information content (AvgIpc) is 2.61. The fourth-order valence-electron chi connectivity index (χ4n) is 1.26. The number of hydrogen-bond donors (Lipinski definition) is 1. The molecule has 0 aliphatic carbocycles. The molecular weight excluding hydrogens is 176 g/mol. The van der Waals surface area contributed by atoms with Crippen molar-refractivity contribution < 1.29 is 4.42 Å². The van der Waals surface area contributed by atoms with Crippen molar-refractivity contribution in [3.05, 3.63) is 42.2 Å². The Morgan fingerprint density at radius 2 is 2.21 bits per heavy atom. The first-order valence-electron chi connectivity index (χ1n) is 4.15. The van der Waals surface area contributed by atoms with E-state index in [1.54, 1.807) is 0 Å². The molecule has 1 heterocycles. The number of nitriles is 1. The highest BCUT2D eigenvalue weighted by Gasteiger charge is 2.04. The van der Waals surface area contributed by atoms with Gasteiger partial charge in [0.2, 0.25) is 0 Å². The quantitative estimate of drug-likeness (QED) is 0.691. The van der Waals surface area contributed by atoms with Gasteiger partial charge in [0.05, 0.1) is 11.8 Å². The lowest BCUT2D eigenvalue weighted by Crippen LogP contribution is -1.92. The molecule has 3 heteroatoms. The Hall–Kier alpha value is -2.21. The van der Waals surface area contributed by atoms with E-state index in [0.29, 0.717) is 11.5 Å². The first-order chi connectivity index (χ1) is 6.81. The van der Waals surface area contributed by atoms with Gasteiger partial charge in [0.25, 0.3) is 0 Å². The highest BCUT2D eigenvalue weighted by molar-refractivity contribution is 5.81. The van der Waals surface area contributed by atoms with E-state index in [9.17, 15) is 0 Å². The number of benzene rings is 1. The molecule has 68 valence electrons. The van der Waals surface area contributed by atoms with Crippen molar-refractivity contribution in [2.24, 2.45) is 5.73 Å². The van der Waals surface area contributed by atoms with E-state index in [1.807, 2.05) is 36.4 Å². The van der Waals surface area contributed by atoms with Gasteiger partial charge >= 0.3 is 0 Å². The summed E-state index contributed by atoms with van der Waals surface area (Å²) >= 11 is 0. The topological polar surface area (TPSA) is 63.0 Å². The van der Waals surface area contributed by atoms with Crippen molar-refractivity contribution in [2.45, 2.75) is 0 Å². The smallest absolute Gasteiger partial charge is 0.151 e. The van der Waals surface area contributed by atoms with Crippen LogP contribution in [0.3, 0.4) is 0 Å². The van der Waals surface area contributed by atoms with Crippen LogP contribution in [-0.4, -0.2) is 0 Å². The molecule has 0 aliphatic heterocycles. The van der Waals surface area contributed by atoms with Crippen molar-refractivity contribution in [1.29, 1.82) is 5.26 Å². The maximum atomic E-state index is 8.42. The summed E-state index contributed by atoms with van der Waals surface area (Å²) in [7, 11) is 0. The lowest BCUT2D eigenvalue weighted by molar-refractivity contribution is 0.598. The molecule has 14 heavy (non-hydrogen) atoms. The zero-order valence-corrected chi connectivity index (χ0v) is 7.40. The number of fused-ring (bicyclic) bond motifs is 1. The van der Waals surface area contributed by atoms with Crippen LogP contribution >= 0.6 is 0 Å². The van der Waals surface area contributed by atoms with Crippen LogP contribution in [0, 0.1) is 11.3 Å². The van der Waals surface area contributed by atoms with E-state index in [2.05, 4.69) is 0 Å². The Kier molecular flexibility index (Phi) is 1.96. The fraction of sp³-hybridized carbons (Fsp3) is 0. The Morgan fingerprint density at radius 1 is 1.43 bits per heavy atom. The van der Waals surface area contributed by atoms with Crippen LogP contribution in [0.25, 0.3) is 16.7 Å². The standard InChI is InChI=1S/C11H8N2O/c12-6-5-9(13)11-7-8-3-1-2-4-10(8)14-11/h1-5,7H,13H2/b9-5+. The van der Waals surface area contributed by atoms with E-state index in [4.69, 9.17) is 15.4 Å². The van der Waals surface area contributed by atoms with Crippen LogP contribution in [0.4, 0.5) is 0 Å². The summed E-state index contributed by atoms with van der Waals surface area (Å²) in [4.78, 5) is 0. The summed E-state index contributed by atoms with van der Waals surface area (Å²) in [5.74, 6) is 0.535. The minimum absolute atomic E-state index is 0.351. The van der Waals surface area contributed by atoms with E-state index in [0.717, 1.165) is 11.0 Å². The van der Waals surface area contributed by atoms with Crippen molar-refractivity contribution in [3.8, 4) is 6.07 Å². The zero-order valence-electron chi connectivity index (χ0n) is 7.40. The molecule has 0 radical (unpaired) electrons. The second kappa shape index (κ2) is 3.27. The number of allylic oxidation sites excluding steroid dienone is 1. The fourth-order valence-corrected chi connectivity index (χ4v) is 1.26. The summed E-state index contributed by atoms with van der Waals surface area (Å²) in [5, 5.41) is 9.41. The normalized spacial score (nSPS) is 11.5. The maximum Gasteiger partial charge on any atom is 0.151 e. The first kappa shape index (κ1) is 8.39. The molecule has 3 nitrogen and oxygen atoms in total. The molecule has 0 saturated carbocycles. The average molecular weight is 184 g/mol. The third-order valence-corrected chi connectivity index (χ3v) is 1.93. The number of nitrogens with two attached hydrogens (primary N) is 1.